The van der Waals surface area contributed by atoms with E-state index in [-0.39, 0.29) is 18.3 Å². The molecule has 38 heavy (non-hydrogen) atoms. The summed E-state index contributed by atoms with van der Waals surface area (Å²) in [5, 5.41) is 3.76. The Morgan fingerprint density at radius 1 is 1.11 bits per heavy atom. The Kier molecular flexibility index (Phi) is 8.47. The van der Waals surface area contributed by atoms with E-state index in [2.05, 4.69) is 24.3 Å². The zero-order chi connectivity index (χ0) is 26.1. The largest absolute Gasteiger partial charge is 0.492 e. The van der Waals surface area contributed by atoms with Gasteiger partial charge in [-0.05, 0) is 74.3 Å². The number of hydrogen-bond acceptors (Lipinski definition) is 9. The van der Waals surface area contributed by atoms with Crippen LogP contribution in [0.1, 0.15) is 19.4 Å². The average Bonchev–Trinajstić information content (AvgIpc) is 3.60. The molecule has 0 saturated carbocycles. The number of nitrogens with one attached hydrogen (secondary N) is 1. The Hall–Kier alpha value is -3.31. The molecule has 1 aliphatic rings. The first-order chi connectivity index (χ1) is 17.9. The number of aryl methyl sites for hydroxylation is 1. The van der Waals surface area contributed by atoms with Crippen LogP contribution in [0.2, 0.25) is 0 Å². The number of rotatable bonds is 9. The summed E-state index contributed by atoms with van der Waals surface area (Å²) in [6, 6.07) is 11.9. The Labute approximate surface area is 235 Å². The van der Waals surface area contributed by atoms with Gasteiger partial charge in [0.15, 0.2) is 11.6 Å². The molecule has 0 bridgehead atoms. The summed E-state index contributed by atoms with van der Waals surface area (Å²) >= 11 is 3.09. The number of imide groups is 1. The third kappa shape index (κ3) is 5.44. The number of hydrogen-bond donors (Lipinski definition) is 1. The lowest BCUT2D eigenvalue weighted by molar-refractivity contribution is -0.135. The van der Waals surface area contributed by atoms with Crippen LogP contribution < -0.4 is 10.2 Å². The molecule has 0 spiro atoms. The predicted molar refractivity (Wildman–Crippen MR) is 156 cm³/mol. The molecule has 3 aromatic heterocycles. The van der Waals surface area contributed by atoms with Gasteiger partial charge in [0.2, 0.25) is 0 Å². The SMILES string of the molecule is CCN(C)CCOc1ccc(-c2sc3nc(-c4cccs4)nc(NN4C(=O)C=C(C)C4=O)c3c2C)cc1.Cl. The average molecular weight is 570 g/mol. The van der Waals surface area contributed by atoms with Gasteiger partial charge in [-0.25, -0.2) is 9.97 Å². The second-order valence-corrected chi connectivity index (χ2v) is 10.7. The highest BCUT2D eigenvalue weighted by atomic mass is 35.5. The Bertz CT molecular complexity index is 1500. The van der Waals surface area contributed by atoms with E-state index in [0.29, 0.717) is 23.8 Å². The highest BCUT2D eigenvalue weighted by Crippen LogP contribution is 2.42. The lowest BCUT2D eigenvalue weighted by Gasteiger charge is -2.17. The number of nitrogens with zero attached hydrogens (tertiary/aromatic N) is 4. The van der Waals surface area contributed by atoms with E-state index < -0.39 is 5.91 Å². The molecule has 4 heterocycles. The van der Waals surface area contributed by atoms with Gasteiger partial charge < -0.3 is 9.64 Å². The third-order valence-corrected chi connectivity index (χ3v) is 8.35. The number of carbonyl (C=O) groups is 2. The molecule has 11 heteroatoms. The van der Waals surface area contributed by atoms with Gasteiger partial charge in [0.25, 0.3) is 11.8 Å². The second kappa shape index (κ2) is 11.6. The maximum Gasteiger partial charge on any atom is 0.275 e. The van der Waals surface area contributed by atoms with Crippen LogP contribution in [0, 0.1) is 6.92 Å². The van der Waals surface area contributed by atoms with Crippen LogP contribution in [0.4, 0.5) is 5.82 Å². The molecule has 4 aromatic rings. The van der Waals surface area contributed by atoms with Crippen molar-refractivity contribution in [1.82, 2.24) is 19.9 Å². The maximum absolute atomic E-state index is 12.6. The second-order valence-electron chi connectivity index (χ2n) is 8.80. The van der Waals surface area contributed by atoms with Gasteiger partial charge in [-0.15, -0.1) is 35.1 Å². The molecule has 198 valence electrons. The summed E-state index contributed by atoms with van der Waals surface area (Å²) in [4.78, 5) is 39.5. The summed E-state index contributed by atoms with van der Waals surface area (Å²) < 4.78 is 5.89. The van der Waals surface area contributed by atoms with Crippen LogP contribution >= 0.6 is 35.1 Å². The van der Waals surface area contributed by atoms with Gasteiger partial charge in [0.1, 0.15) is 17.2 Å². The number of likely N-dealkylation sites (N-methyl/N-ethyl adjacent to an activating group) is 1. The summed E-state index contributed by atoms with van der Waals surface area (Å²) in [6.07, 6.45) is 1.32. The number of hydrazine groups is 1. The molecule has 0 fully saturated rings. The first-order valence-electron chi connectivity index (χ1n) is 12.0. The van der Waals surface area contributed by atoms with Crippen LogP contribution in [0.15, 0.2) is 53.4 Å². The summed E-state index contributed by atoms with van der Waals surface area (Å²) in [6.45, 7) is 8.23. The molecular weight excluding hydrogens is 542 g/mol. The summed E-state index contributed by atoms with van der Waals surface area (Å²) in [5.74, 6) is 0.993. The smallest absolute Gasteiger partial charge is 0.275 e. The molecular formula is C27H28ClN5O3S2. The molecule has 0 atom stereocenters. The number of aromatic nitrogens is 2. The van der Waals surface area contributed by atoms with Crippen LogP contribution in [-0.4, -0.2) is 58.4 Å². The number of halogens is 1. The van der Waals surface area contributed by atoms with E-state index in [0.717, 1.165) is 54.9 Å². The van der Waals surface area contributed by atoms with Gasteiger partial charge in [-0.2, -0.15) is 5.01 Å². The molecule has 0 aliphatic carbocycles. The number of amides is 2. The van der Waals surface area contributed by atoms with E-state index in [9.17, 15) is 9.59 Å². The van der Waals surface area contributed by atoms with Crippen molar-refractivity contribution in [2.45, 2.75) is 20.8 Å². The van der Waals surface area contributed by atoms with Crippen molar-refractivity contribution in [2.24, 2.45) is 0 Å². The minimum Gasteiger partial charge on any atom is -0.492 e. The number of carbonyl (C=O) groups excluding carboxylic acids is 2. The predicted octanol–water partition coefficient (Wildman–Crippen LogP) is 5.79. The standard InChI is InChI=1S/C27H27N5O3S2.ClH/c1-5-31(4)12-13-35-19-10-8-18(9-11-19)23-17(3)22-25(30-32-21(33)15-16(2)27(32)34)28-24(29-26(22)37-23)20-7-6-14-36-20;/h6-11,14-15H,5,12-13H2,1-4H3,(H,28,29,30);1H. The molecule has 0 unspecified atom stereocenters. The summed E-state index contributed by atoms with van der Waals surface area (Å²) in [5.41, 5.74) is 5.38. The van der Waals surface area contributed by atoms with E-state index in [1.807, 2.05) is 48.7 Å². The van der Waals surface area contributed by atoms with Crippen molar-refractivity contribution in [1.29, 1.82) is 0 Å². The number of thiophene rings is 2. The maximum atomic E-state index is 12.6. The normalized spacial score (nSPS) is 13.3. The van der Waals surface area contributed by atoms with Crippen molar-refractivity contribution in [3.63, 3.8) is 0 Å². The number of fused-ring (bicyclic) bond motifs is 1. The van der Waals surface area contributed by atoms with E-state index in [1.165, 1.54) is 17.4 Å². The van der Waals surface area contributed by atoms with E-state index >= 15 is 0 Å². The highest BCUT2D eigenvalue weighted by molar-refractivity contribution is 7.22. The quantitative estimate of drug-likeness (QED) is 0.255. The fraction of sp³-hybridized carbons (Fsp3) is 0.259. The van der Waals surface area contributed by atoms with Crippen molar-refractivity contribution in [3.8, 4) is 26.9 Å². The van der Waals surface area contributed by atoms with Crippen molar-refractivity contribution >= 4 is 62.9 Å². The van der Waals surface area contributed by atoms with E-state index in [1.54, 1.807) is 18.3 Å². The minimum atomic E-state index is -0.416. The van der Waals surface area contributed by atoms with Crippen LogP contribution in [0.3, 0.4) is 0 Å². The monoisotopic (exact) mass is 569 g/mol. The number of benzene rings is 1. The molecule has 1 aromatic carbocycles. The molecule has 1 aliphatic heterocycles. The zero-order valence-electron chi connectivity index (χ0n) is 21.5. The molecule has 1 N–H and O–H groups in total. The highest BCUT2D eigenvalue weighted by Gasteiger charge is 2.30. The minimum absolute atomic E-state index is 0. The van der Waals surface area contributed by atoms with E-state index in [4.69, 9.17) is 14.7 Å². The first-order valence-corrected chi connectivity index (χ1v) is 13.7. The molecule has 0 radical (unpaired) electrons. The van der Waals surface area contributed by atoms with Gasteiger partial charge in [0.05, 0.1) is 10.3 Å². The topological polar surface area (TPSA) is 87.7 Å². The first kappa shape index (κ1) is 27.7. The fourth-order valence-corrected chi connectivity index (χ4v) is 5.83. The molecule has 0 saturated heterocycles. The van der Waals surface area contributed by atoms with Crippen molar-refractivity contribution < 1.29 is 14.3 Å². The molecule has 2 amide bonds. The fourth-order valence-electron chi connectivity index (χ4n) is 3.99. The Balaban J connectivity index is 0.00000336. The Morgan fingerprint density at radius 2 is 1.87 bits per heavy atom. The van der Waals surface area contributed by atoms with Crippen LogP contribution in [0.5, 0.6) is 5.75 Å². The van der Waals surface area contributed by atoms with Gasteiger partial charge in [-0.1, -0.05) is 13.0 Å². The third-order valence-electron chi connectivity index (χ3n) is 6.25. The molecule has 5 rings (SSSR count). The number of ether oxygens (including phenoxy) is 1. The number of anilines is 1. The van der Waals surface area contributed by atoms with Crippen LogP contribution in [0.25, 0.3) is 31.4 Å². The van der Waals surface area contributed by atoms with Gasteiger partial charge in [-0.3, -0.25) is 15.0 Å². The summed E-state index contributed by atoms with van der Waals surface area (Å²) in [7, 11) is 2.07. The Morgan fingerprint density at radius 3 is 2.50 bits per heavy atom. The molecule has 8 nitrogen and oxygen atoms in total. The van der Waals surface area contributed by atoms with Gasteiger partial charge in [0, 0.05) is 23.1 Å². The van der Waals surface area contributed by atoms with Crippen molar-refractivity contribution in [2.75, 3.05) is 32.2 Å². The van der Waals surface area contributed by atoms with Gasteiger partial charge >= 0.3 is 0 Å². The lowest BCUT2D eigenvalue weighted by atomic mass is 10.1. The van der Waals surface area contributed by atoms with Crippen LogP contribution in [-0.2, 0) is 9.59 Å². The van der Waals surface area contributed by atoms with Crippen molar-refractivity contribution in [3.05, 3.63) is 59.0 Å². The zero-order valence-corrected chi connectivity index (χ0v) is 23.9. The lowest BCUT2D eigenvalue weighted by Crippen LogP contribution is -2.36.